The average molecular weight is 316 g/mol. The molecular weight excluding hydrogens is 290 g/mol. The summed E-state index contributed by atoms with van der Waals surface area (Å²) >= 11 is 7.86. The summed E-state index contributed by atoms with van der Waals surface area (Å²) in [6.07, 6.45) is 2.19. The number of hydrogen-bond acceptors (Lipinski definition) is 4. The molecule has 0 amide bonds. The molecule has 1 aromatic heterocycles. The van der Waals surface area contributed by atoms with Crippen LogP contribution in [0.4, 0.5) is 5.13 Å². The maximum atomic E-state index is 6.23. The van der Waals surface area contributed by atoms with E-state index >= 15 is 0 Å². The van der Waals surface area contributed by atoms with Crippen molar-refractivity contribution in [2.45, 2.75) is 27.7 Å². The van der Waals surface area contributed by atoms with Crippen LogP contribution in [0, 0.1) is 11.8 Å². The van der Waals surface area contributed by atoms with Crippen LogP contribution in [0.5, 0.6) is 0 Å². The third-order valence-corrected chi connectivity index (χ3v) is 4.49. The number of halogens is 1. The van der Waals surface area contributed by atoms with Crippen molar-refractivity contribution in [3.8, 4) is 0 Å². The minimum atomic E-state index is 0.496. The van der Waals surface area contributed by atoms with Crippen LogP contribution in [0.1, 0.15) is 32.6 Å². The van der Waals surface area contributed by atoms with Gasteiger partial charge >= 0.3 is 0 Å². The van der Waals surface area contributed by atoms with Crippen LogP contribution in [-0.2, 0) is 0 Å². The zero-order valence-corrected chi connectivity index (χ0v) is 14.9. The van der Waals surface area contributed by atoms with Crippen molar-refractivity contribution >= 4 is 34.1 Å². The van der Waals surface area contributed by atoms with E-state index in [0.717, 1.165) is 23.1 Å². The first-order valence-electron chi connectivity index (χ1n) is 7.06. The topological polar surface area (TPSA) is 28.2 Å². The smallest absolute Gasteiger partial charge is 0.186 e. The Morgan fingerprint density at radius 2 is 2.00 bits per heavy atom. The highest BCUT2D eigenvalue weighted by Crippen LogP contribution is 2.31. The zero-order valence-electron chi connectivity index (χ0n) is 13.3. The first kappa shape index (κ1) is 17.5. The van der Waals surface area contributed by atoms with Crippen molar-refractivity contribution in [3.63, 3.8) is 0 Å². The molecule has 3 nitrogen and oxygen atoms in total. The molecule has 1 N–H and O–H groups in total. The van der Waals surface area contributed by atoms with Gasteiger partial charge in [0.1, 0.15) is 5.15 Å². The molecule has 0 bridgehead atoms. The molecule has 0 aliphatic carbocycles. The molecule has 0 spiro atoms. The lowest BCUT2D eigenvalue weighted by molar-refractivity contribution is 0.558. The number of aromatic nitrogens is 1. The maximum absolute atomic E-state index is 6.23. The van der Waals surface area contributed by atoms with Gasteiger partial charge in [0, 0.05) is 20.6 Å². The molecular formula is C15H26ClN3S. The molecule has 1 rings (SSSR count). The Balaban J connectivity index is 2.85. The lowest BCUT2D eigenvalue weighted by atomic mass is 10.0. The fourth-order valence-electron chi connectivity index (χ4n) is 1.68. The van der Waals surface area contributed by atoms with Gasteiger partial charge in [0.2, 0.25) is 0 Å². The molecule has 0 fully saturated rings. The number of nitrogens with zero attached hydrogens (tertiary/aromatic N) is 2. The number of nitrogens with one attached hydrogen (secondary N) is 1. The van der Waals surface area contributed by atoms with Crippen molar-refractivity contribution in [1.29, 1.82) is 0 Å². The van der Waals surface area contributed by atoms with Gasteiger partial charge in [-0.25, -0.2) is 4.98 Å². The first-order chi connectivity index (χ1) is 9.31. The summed E-state index contributed by atoms with van der Waals surface area (Å²) in [4.78, 5) is 7.41. The Morgan fingerprint density at radius 1 is 1.35 bits per heavy atom. The van der Waals surface area contributed by atoms with Gasteiger partial charge in [-0.1, -0.05) is 56.2 Å². The molecule has 0 unspecified atom stereocenters. The van der Waals surface area contributed by atoms with Crippen molar-refractivity contribution in [3.05, 3.63) is 15.6 Å². The largest absolute Gasteiger partial charge is 0.354 e. The fraction of sp³-hybridized carbons (Fsp3) is 0.667. The fourth-order valence-corrected chi connectivity index (χ4v) is 2.83. The van der Waals surface area contributed by atoms with Crippen LogP contribution >= 0.6 is 22.9 Å². The number of thiazole rings is 1. The highest BCUT2D eigenvalue weighted by molar-refractivity contribution is 7.17. The Labute approximate surface area is 132 Å². The highest BCUT2D eigenvalue weighted by Gasteiger charge is 2.11. The van der Waals surface area contributed by atoms with E-state index in [1.54, 1.807) is 11.3 Å². The predicted molar refractivity (Wildman–Crippen MR) is 92.0 cm³/mol. The Kier molecular flexibility index (Phi) is 7.00. The predicted octanol–water partition coefficient (Wildman–Crippen LogP) is 4.15. The molecule has 114 valence electrons. The van der Waals surface area contributed by atoms with Crippen molar-refractivity contribution in [1.82, 2.24) is 10.3 Å². The van der Waals surface area contributed by atoms with Gasteiger partial charge < -0.3 is 10.2 Å². The lowest BCUT2D eigenvalue weighted by Crippen LogP contribution is -2.23. The molecule has 0 aliphatic rings. The van der Waals surface area contributed by atoms with E-state index in [4.69, 9.17) is 11.6 Å². The summed E-state index contributed by atoms with van der Waals surface area (Å²) < 4.78 is 0. The molecule has 1 aromatic rings. The summed E-state index contributed by atoms with van der Waals surface area (Å²) in [5.41, 5.74) is 1.36. The maximum Gasteiger partial charge on any atom is 0.186 e. The van der Waals surface area contributed by atoms with Gasteiger partial charge in [-0.05, 0) is 24.5 Å². The molecule has 1 heterocycles. The van der Waals surface area contributed by atoms with E-state index in [-0.39, 0.29) is 0 Å². The van der Waals surface area contributed by atoms with E-state index in [0.29, 0.717) is 17.0 Å². The lowest BCUT2D eigenvalue weighted by Gasteiger charge is -2.14. The molecule has 0 saturated heterocycles. The second-order valence-corrected chi connectivity index (χ2v) is 7.31. The normalized spacial score (nSPS) is 12.6. The van der Waals surface area contributed by atoms with E-state index in [1.165, 1.54) is 5.57 Å². The van der Waals surface area contributed by atoms with Gasteiger partial charge in [0.05, 0.1) is 4.88 Å². The second-order valence-electron chi connectivity index (χ2n) is 5.94. The van der Waals surface area contributed by atoms with Crippen LogP contribution in [0.3, 0.4) is 0 Å². The minimum absolute atomic E-state index is 0.496. The number of rotatable bonds is 7. The van der Waals surface area contributed by atoms with Gasteiger partial charge in [-0.3, -0.25) is 0 Å². The summed E-state index contributed by atoms with van der Waals surface area (Å²) in [6.45, 7) is 10.8. The SMILES string of the molecule is CC(C)CNCC(=Cc1sc(N(C)C)nc1Cl)C(C)C. The van der Waals surface area contributed by atoms with Crippen LogP contribution in [0.15, 0.2) is 5.57 Å². The molecule has 20 heavy (non-hydrogen) atoms. The van der Waals surface area contributed by atoms with Crippen LogP contribution in [0.25, 0.3) is 6.08 Å². The van der Waals surface area contributed by atoms with Crippen molar-refractivity contribution in [2.24, 2.45) is 11.8 Å². The molecule has 0 radical (unpaired) electrons. The average Bonchev–Trinajstić information content (AvgIpc) is 2.69. The minimum Gasteiger partial charge on any atom is -0.354 e. The quantitative estimate of drug-likeness (QED) is 0.819. The third-order valence-electron chi connectivity index (χ3n) is 2.92. The van der Waals surface area contributed by atoms with Crippen LogP contribution in [0.2, 0.25) is 5.15 Å². The van der Waals surface area contributed by atoms with Crippen molar-refractivity contribution < 1.29 is 0 Å². The van der Waals surface area contributed by atoms with E-state index < -0.39 is 0 Å². The second kappa shape index (κ2) is 8.01. The molecule has 5 heteroatoms. The van der Waals surface area contributed by atoms with Crippen molar-refractivity contribution in [2.75, 3.05) is 32.1 Å². The number of hydrogen-bond donors (Lipinski definition) is 1. The summed E-state index contributed by atoms with van der Waals surface area (Å²) in [5.74, 6) is 1.16. The molecule has 0 saturated carbocycles. The van der Waals surface area contributed by atoms with Gasteiger partial charge in [-0.2, -0.15) is 0 Å². The van der Waals surface area contributed by atoms with Gasteiger partial charge in [0.15, 0.2) is 5.13 Å². The molecule has 0 aromatic carbocycles. The molecule has 0 aliphatic heterocycles. The van der Waals surface area contributed by atoms with E-state index in [1.807, 2.05) is 19.0 Å². The Bertz CT molecular complexity index is 450. The summed E-state index contributed by atoms with van der Waals surface area (Å²) in [6, 6.07) is 0. The van der Waals surface area contributed by atoms with Gasteiger partial charge in [0.25, 0.3) is 0 Å². The first-order valence-corrected chi connectivity index (χ1v) is 8.25. The van der Waals surface area contributed by atoms with Crippen LogP contribution < -0.4 is 10.2 Å². The van der Waals surface area contributed by atoms with Crippen LogP contribution in [-0.4, -0.2) is 32.2 Å². The van der Waals surface area contributed by atoms with E-state index in [2.05, 4.69) is 44.1 Å². The Hall–Kier alpha value is -0.580. The standard InChI is InChI=1S/C15H26ClN3S/c1-10(2)8-17-9-12(11(3)4)7-13-14(16)18-15(20-13)19(5)6/h7,10-11,17H,8-9H2,1-6H3. The Morgan fingerprint density at radius 3 is 2.45 bits per heavy atom. The summed E-state index contributed by atoms with van der Waals surface area (Å²) in [5, 5.41) is 5.04. The van der Waals surface area contributed by atoms with Gasteiger partial charge in [-0.15, -0.1) is 0 Å². The highest BCUT2D eigenvalue weighted by atomic mass is 35.5. The number of anilines is 1. The zero-order chi connectivity index (χ0) is 15.3. The third kappa shape index (κ3) is 5.43. The van der Waals surface area contributed by atoms with E-state index in [9.17, 15) is 0 Å². The summed E-state index contributed by atoms with van der Waals surface area (Å²) in [7, 11) is 3.96. The molecule has 0 atom stereocenters. The monoisotopic (exact) mass is 315 g/mol.